The number of hydrogen-bond acceptors (Lipinski definition) is 4. The van der Waals surface area contributed by atoms with Gasteiger partial charge >= 0.3 is 0 Å². The van der Waals surface area contributed by atoms with Gasteiger partial charge < -0.3 is 4.42 Å². The van der Waals surface area contributed by atoms with Crippen molar-refractivity contribution < 1.29 is 4.42 Å². The lowest BCUT2D eigenvalue weighted by molar-refractivity contribution is 0.647. The van der Waals surface area contributed by atoms with Crippen molar-refractivity contribution in [3.63, 3.8) is 0 Å². The summed E-state index contributed by atoms with van der Waals surface area (Å²) in [6.45, 7) is 4.59. The average Bonchev–Trinajstić information content (AvgIpc) is 3.59. The second-order valence-corrected chi connectivity index (χ2v) is 12.5. The molecule has 6 aromatic carbocycles. The molecule has 0 aliphatic heterocycles. The van der Waals surface area contributed by atoms with Gasteiger partial charge in [-0.25, -0.2) is 15.0 Å². The minimum atomic E-state index is -0.107. The van der Waals surface area contributed by atoms with E-state index in [1.807, 2.05) is 42.5 Å². The molecule has 46 heavy (non-hydrogen) atoms. The van der Waals surface area contributed by atoms with Gasteiger partial charge in [0.1, 0.15) is 11.2 Å². The van der Waals surface area contributed by atoms with Gasteiger partial charge in [-0.05, 0) is 57.6 Å². The van der Waals surface area contributed by atoms with Crippen LogP contribution < -0.4 is 0 Å². The first-order valence-corrected chi connectivity index (χ1v) is 15.6. The van der Waals surface area contributed by atoms with Gasteiger partial charge in [-0.1, -0.05) is 129 Å². The smallest absolute Gasteiger partial charge is 0.167 e. The van der Waals surface area contributed by atoms with Gasteiger partial charge in [0, 0.05) is 27.3 Å². The van der Waals surface area contributed by atoms with Crippen LogP contribution >= 0.6 is 0 Å². The van der Waals surface area contributed by atoms with Gasteiger partial charge in [0.05, 0.1) is 5.56 Å². The molecule has 0 saturated heterocycles. The molecular formula is C42H29N3O. The van der Waals surface area contributed by atoms with Gasteiger partial charge in [-0.2, -0.15) is 0 Å². The predicted molar refractivity (Wildman–Crippen MR) is 186 cm³/mol. The molecule has 0 atom stereocenters. The van der Waals surface area contributed by atoms with Crippen LogP contribution in [0.5, 0.6) is 0 Å². The first kappa shape index (κ1) is 26.5. The van der Waals surface area contributed by atoms with Gasteiger partial charge in [0.25, 0.3) is 0 Å². The fourth-order valence-electron chi connectivity index (χ4n) is 6.98. The Morgan fingerprint density at radius 3 is 1.85 bits per heavy atom. The van der Waals surface area contributed by atoms with Crippen LogP contribution in [0.25, 0.3) is 78.4 Å². The number of furan rings is 1. The summed E-state index contributed by atoms with van der Waals surface area (Å²) in [7, 11) is 0. The van der Waals surface area contributed by atoms with E-state index in [0.29, 0.717) is 17.5 Å². The molecule has 0 amide bonds. The molecule has 4 heteroatoms. The zero-order chi connectivity index (χ0) is 30.8. The molecule has 0 radical (unpaired) electrons. The number of benzene rings is 6. The Labute approximate surface area is 267 Å². The number of aromatic nitrogens is 3. The minimum absolute atomic E-state index is 0.107. The van der Waals surface area contributed by atoms with Crippen LogP contribution in [0, 0.1) is 0 Å². The first-order valence-electron chi connectivity index (χ1n) is 15.6. The van der Waals surface area contributed by atoms with E-state index in [-0.39, 0.29) is 5.41 Å². The Bertz CT molecular complexity index is 2440. The standard InChI is InChI=1S/C42H29N3O/c1-42(2)35-22-10-9-19-30(35)33-24-34-31-20-12-21-32(38(31)46-37(34)25-36(33)42)41-44-39(27-15-7-4-8-16-27)43-40(45-41)29-18-11-17-28(23-29)26-13-5-3-6-14-26/h3-25H,1-2H3. The predicted octanol–water partition coefficient (Wildman–Crippen LogP) is 10.7. The Hall–Kier alpha value is -5.87. The lowest BCUT2D eigenvalue weighted by atomic mass is 9.82. The second kappa shape index (κ2) is 10.1. The van der Waals surface area contributed by atoms with E-state index in [9.17, 15) is 0 Å². The molecule has 0 unspecified atom stereocenters. The Kier molecular flexibility index (Phi) is 5.81. The fourth-order valence-corrected chi connectivity index (χ4v) is 6.98. The van der Waals surface area contributed by atoms with E-state index >= 15 is 0 Å². The van der Waals surface area contributed by atoms with Gasteiger partial charge in [0.15, 0.2) is 17.5 Å². The lowest BCUT2D eigenvalue weighted by Crippen LogP contribution is -2.14. The van der Waals surface area contributed by atoms with Crippen LogP contribution in [0.1, 0.15) is 25.0 Å². The van der Waals surface area contributed by atoms with E-state index in [1.54, 1.807) is 0 Å². The van der Waals surface area contributed by atoms with Crippen LogP contribution in [-0.4, -0.2) is 15.0 Å². The summed E-state index contributed by atoms with van der Waals surface area (Å²) in [4.78, 5) is 15.1. The molecule has 4 nitrogen and oxygen atoms in total. The van der Waals surface area contributed by atoms with E-state index in [1.165, 1.54) is 22.3 Å². The molecule has 0 bridgehead atoms. The Balaban J connectivity index is 1.25. The molecule has 1 aliphatic carbocycles. The van der Waals surface area contributed by atoms with Crippen molar-refractivity contribution >= 4 is 21.9 Å². The fraction of sp³-hybridized carbons (Fsp3) is 0.0714. The highest BCUT2D eigenvalue weighted by Gasteiger charge is 2.36. The number of nitrogens with zero attached hydrogens (tertiary/aromatic N) is 3. The van der Waals surface area contributed by atoms with Gasteiger partial charge in [0.2, 0.25) is 0 Å². The Morgan fingerprint density at radius 1 is 0.435 bits per heavy atom. The van der Waals surface area contributed by atoms with Crippen LogP contribution in [0.2, 0.25) is 0 Å². The zero-order valence-corrected chi connectivity index (χ0v) is 25.5. The molecule has 1 aliphatic rings. The third kappa shape index (κ3) is 4.11. The molecule has 2 heterocycles. The van der Waals surface area contributed by atoms with Gasteiger partial charge in [-0.3, -0.25) is 0 Å². The normalized spacial score (nSPS) is 13.2. The van der Waals surface area contributed by atoms with Crippen molar-refractivity contribution in [3.8, 4) is 56.4 Å². The number of para-hydroxylation sites is 1. The average molecular weight is 592 g/mol. The number of hydrogen-bond donors (Lipinski definition) is 0. The summed E-state index contributed by atoms with van der Waals surface area (Å²) in [5.41, 5.74) is 11.7. The van der Waals surface area contributed by atoms with Crippen LogP contribution in [0.3, 0.4) is 0 Å². The van der Waals surface area contributed by atoms with Crippen LogP contribution in [-0.2, 0) is 5.41 Å². The molecular weight excluding hydrogens is 562 g/mol. The van der Waals surface area contributed by atoms with Gasteiger partial charge in [-0.15, -0.1) is 0 Å². The molecule has 218 valence electrons. The highest BCUT2D eigenvalue weighted by Crippen LogP contribution is 2.51. The maximum Gasteiger partial charge on any atom is 0.167 e. The topological polar surface area (TPSA) is 51.8 Å². The number of rotatable bonds is 4. The summed E-state index contributed by atoms with van der Waals surface area (Å²) in [5, 5.41) is 2.14. The molecule has 0 saturated carbocycles. The van der Waals surface area contributed by atoms with Crippen molar-refractivity contribution in [1.29, 1.82) is 0 Å². The maximum absolute atomic E-state index is 6.72. The third-order valence-corrected chi connectivity index (χ3v) is 9.34. The summed E-state index contributed by atoms with van der Waals surface area (Å²) in [6.07, 6.45) is 0. The van der Waals surface area contributed by atoms with E-state index in [4.69, 9.17) is 19.4 Å². The molecule has 0 fully saturated rings. The van der Waals surface area contributed by atoms with Crippen molar-refractivity contribution in [2.24, 2.45) is 0 Å². The highest BCUT2D eigenvalue weighted by molar-refractivity contribution is 6.11. The van der Waals surface area contributed by atoms with E-state index in [2.05, 4.69) is 111 Å². The highest BCUT2D eigenvalue weighted by atomic mass is 16.3. The SMILES string of the molecule is CC1(C)c2ccccc2-c2cc3c(cc21)oc1c(-c2nc(-c4ccccc4)nc(-c4cccc(-c5ccccc5)c4)n2)cccc13. The van der Waals surface area contributed by atoms with Crippen molar-refractivity contribution in [3.05, 3.63) is 151 Å². The summed E-state index contributed by atoms with van der Waals surface area (Å²) in [5.74, 6) is 1.82. The Morgan fingerprint density at radius 2 is 1.04 bits per heavy atom. The molecule has 9 rings (SSSR count). The quantitative estimate of drug-likeness (QED) is 0.204. The molecule has 2 aromatic heterocycles. The first-order chi connectivity index (χ1) is 22.5. The third-order valence-electron chi connectivity index (χ3n) is 9.34. The summed E-state index contributed by atoms with van der Waals surface area (Å²) < 4.78 is 6.72. The molecule has 8 aromatic rings. The largest absolute Gasteiger partial charge is 0.455 e. The maximum atomic E-state index is 6.72. The van der Waals surface area contributed by atoms with Crippen molar-refractivity contribution in [1.82, 2.24) is 15.0 Å². The lowest BCUT2D eigenvalue weighted by Gasteiger charge is -2.21. The van der Waals surface area contributed by atoms with Crippen LogP contribution in [0.15, 0.2) is 144 Å². The second-order valence-electron chi connectivity index (χ2n) is 12.5. The molecule has 0 spiro atoms. The monoisotopic (exact) mass is 591 g/mol. The van der Waals surface area contributed by atoms with E-state index < -0.39 is 0 Å². The van der Waals surface area contributed by atoms with Crippen LogP contribution in [0.4, 0.5) is 0 Å². The van der Waals surface area contributed by atoms with Crippen molar-refractivity contribution in [2.75, 3.05) is 0 Å². The molecule has 0 N–H and O–H groups in total. The van der Waals surface area contributed by atoms with E-state index in [0.717, 1.165) is 49.8 Å². The summed E-state index contributed by atoms with van der Waals surface area (Å²) >= 11 is 0. The summed E-state index contributed by atoms with van der Waals surface area (Å²) in [6, 6.07) is 48.3. The number of fused-ring (bicyclic) bond motifs is 6. The van der Waals surface area contributed by atoms with Crippen molar-refractivity contribution in [2.45, 2.75) is 19.3 Å². The minimum Gasteiger partial charge on any atom is -0.455 e. The zero-order valence-electron chi connectivity index (χ0n) is 25.5.